The van der Waals surface area contributed by atoms with E-state index in [1.54, 1.807) is 0 Å². The van der Waals surface area contributed by atoms with Gasteiger partial charge in [-0.1, -0.05) is 39.8 Å². The molecule has 1 fully saturated rings. The van der Waals surface area contributed by atoms with Crippen molar-refractivity contribution in [1.29, 1.82) is 0 Å². The molecule has 1 heterocycles. The Bertz CT molecular complexity index is 453. The van der Waals surface area contributed by atoms with Crippen molar-refractivity contribution in [3.05, 3.63) is 29.3 Å². The number of benzene rings is 1. The fourth-order valence-electron chi connectivity index (χ4n) is 3.17. The fraction of sp³-hybridized carbons (Fsp3) is 0.684. The Morgan fingerprint density at radius 3 is 2.62 bits per heavy atom. The highest BCUT2D eigenvalue weighted by molar-refractivity contribution is 5.54. The van der Waals surface area contributed by atoms with Crippen molar-refractivity contribution in [3.8, 4) is 0 Å². The third kappa shape index (κ3) is 4.47. The van der Waals surface area contributed by atoms with Gasteiger partial charge in [-0.05, 0) is 54.8 Å². The van der Waals surface area contributed by atoms with E-state index in [0.29, 0.717) is 5.92 Å². The van der Waals surface area contributed by atoms with Crippen LogP contribution in [0.1, 0.15) is 45.2 Å². The molecule has 1 aliphatic heterocycles. The molecule has 0 saturated carbocycles. The summed E-state index contributed by atoms with van der Waals surface area (Å²) in [6, 6.07) is 6.97. The molecule has 2 unspecified atom stereocenters. The van der Waals surface area contributed by atoms with Crippen LogP contribution in [0.15, 0.2) is 18.2 Å². The predicted octanol–water partition coefficient (Wildman–Crippen LogP) is 4.22. The first-order valence-electron chi connectivity index (χ1n) is 8.52. The van der Waals surface area contributed by atoms with Crippen molar-refractivity contribution < 1.29 is 0 Å². The average Bonchev–Trinajstić information content (AvgIpc) is 2.42. The zero-order valence-electron chi connectivity index (χ0n) is 14.4. The monoisotopic (exact) mass is 288 g/mol. The van der Waals surface area contributed by atoms with Gasteiger partial charge in [-0.25, -0.2) is 0 Å². The minimum absolute atomic E-state index is 0.710. The van der Waals surface area contributed by atoms with Crippen LogP contribution in [0, 0.1) is 24.7 Å². The van der Waals surface area contributed by atoms with Crippen LogP contribution < -0.4 is 10.2 Å². The number of aryl methyl sites for hydroxylation is 1. The zero-order chi connectivity index (χ0) is 15.4. The molecular formula is C19H32N2. The number of hydrogen-bond donors (Lipinski definition) is 1. The lowest BCUT2D eigenvalue weighted by Gasteiger charge is -2.37. The van der Waals surface area contributed by atoms with Crippen LogP contribution in [0.3, 0.4) is 0 Å². The largest absolute Gasteiger partial charge is 0.371 e. The second-order valence-corrected chi connectivity index (χ2v) is 7.33. The van der Waals surface area contributed by atoms with Gasteiger partial charge in [0.05, 0.1) is 0 Å². The minimum atomic E-state index is 0.710. The summed E-state index contributed by atoms with van der Waals surface area (Å²) in [7, 11) is 0. The van der Waals surface area contributed by atoms with E-state index >= 15 is 0 Å². The molecule has 1 N–H and O–H groups in total. The van der Waals surface area contributed by atoms with Gasteiger partial charge in [-0.15, -0.1) is 0 Å². The second-order valence-electron chi connectivity index (χ2n) is 7.33. The third-order valence-electron chi connectivity index (χ3n) is 4.82. The maximum atomic E-state index is 3.53. The molecule has 1 aliphatic rings. The van der Waals surface area contributed by atoms with Gasteiger partial charge in [0.25, 0.3) is 0 Å². The Kier molecular flexibility index (Phi) is 5.69. The molecule has 0 spiro atoms. The van der Waals surface area contributed by atoms with Gasteiger partial charge in [0.15, 0.2) is 0 Å². The van der Waals surface area contributed by atoms with Gasteiger partial charge in [0.2, 0.25) is 0 Å². The van der Waals surface area contributed by atoms with Gasteiger partial charge in [0.1, 0.15) is 0 Å². The molecule has 0 aliphatic carbocycles. The molecule has 2 atom stereocenters. The fourth-order valence-corrected chi connectivity index (χ4v) is 3.17. The molecule has 0 radical (unpaired) electrons. The number of rotatable bonds is 5. The van der Waals surface area contributed by atoms with Gasteiger partial charge in [-0.3, -0.25) is 0 Å². The maximum Gasteiger partial charge on any atom is 0.0396 e. The van der Waals surface area contributed by atoms with Crippen LogP contribution in [0.5, 0.6) is 0 Å². The van der Waals surface area contributed by atoms with Crippen LogP contribution in [0.2, 0.25) is 0 Å². The molecule has 1 aromatic rings. The summed E-state index contributed by atoms with van der Waals surface area (Å²) in [6.45, 7) is 16.0. The van der Waals surface area contributed by atoms with Gasteiger partial charge in [-0.2, -0.15) is 0 Å². The Labute approximate surface area is 130 Å². The highest BCUT2D eigenvalue weighted by Gasteiger charge is 2.23. The van der Waals surface area contributed by atoms with Crippen molar-refractivity contribution in [2.45, 2.75) is 47.6 Å². The first-order chi connectivity index (χ1) is 9.97. The van der Waals surface area contributed by atoms with E-state index in [0.717, 1.165) is 24.9 Å². The molecule has 1 aromatic carbocycles. The van der Waals surface area contributed by atoms with Crippen LogP contribution >= 0.6 is 0 Å². The minimum Gasteiger partial charge on any atom is -0.371 e. The SMILES string of the molecule is Cc1cc(CNCC(C)C)ccc1N1CCC(C)C(C)C1. The van der Waals surface area contributed by atoms with Crippen LogP contribution in [0.4, 0.5) is 5.69 Å². The second kappa shape index (κ2) is 7.31. The number of hydrogen-bond acceptors (Lipinski definition) is 2. The summed E-state index contributed by atoms with van der Waals surface area (Å²) in [5.74, 6) is 2.37. The topological polar surface area (TPSA) is 15.3 Å². The van der Waals surface area contributed by atoms with Crippen LogP contribution in [-0.4, -0.2) is 19.6 Å². The predicted molar refractivity (Wildman–Crippen MR) is 92.9 cm³/mol. The first-order valence-corrected chi connectivity index (χ1v) is 8.52. The molecule has 0 amide bonds. The van der Waals surface area contributed by atoms with Crippen LogP contribution in [-0.2, 0) is 6.54 Å². The van der Waals surface area contributed by atoms with Crippen LogP contribution in [0.25, 0.3) is 0 Å². The summed E-state index contributed by atoms with van der Waals surface area (Å²) in [5, 5.41) is 3.53. The number of nitrogens with one attached hydrogen (secondary N) is 1. The lowest BCUT2D eigenvalue weighted by molar-refractivity contribution is 0.323. The van der Waals surface area contributed by atoms with Crippen molar-refractivity contribution in [2.75, 3.05) is 24.5 Å². The van der Waals surface area contributed by atoms with E-state index in [1.165, 1.54) is 36.3 Å². The Balaban J connectivity index is 1.99. The third-order valence-corrected chi connectivity index (χ3v) is 4.82. The van der Waals surface area contributed by atoms with Crippen molar-refractivity contribution >= 4 is 5.69 Å². The van der Waals surface area contributed by atoms with Crippen molar-refractivity contribution in [1.82, 2.24) is 5.32 Å². The average molecular weight is 288 g/mol. The Hall–Kier alpha value is -1.02. The van der Waals surface area contributed by atoms with Gasteiger partial charge >= 0.3 is 0 Å². The first kappa shape index (κ1) is 16.4. The number of nitrogens with zero attached hydrogens (tertiary/aromatic N) is 1. The summed E-state index contributed by atoms with van der Waals surface area (Å²) in [6.07, 6.45) is 1.32. The van der Waals surface area contributed by atoms with E-state index in [9.17, 15) is 0 Å². The molecule has 2 nitrogen and oxygen atoms in total. The Morgan fingerprint density at radius 1 is 1.24 bits per heavy atom. The molecule has 2 heteroatoms. The van der Waals surface area contributed by atoms with Crippen molar-refractivity contribution in [2.24, 2.45) is 17.8 Å². The zero-order valence-corrected chi connectivity index (χ0v) is 14.4. The highest BCUT2D eigenvalue weighted by atomic mass is 15.1. The summed E-state index contributed by atoms with van der Waals surface area (Å²) < 4.78 is 0. The molecule has 2 rings (SSSR count). The highest BCUT2D eigenvalue weighted by Crippen LogP contribution is 2.29. The summed E-state index contributed by atoms with van der Waals surface area (Å²) in [4.78, 5) is 2.57. The number of piperidine rings is 1. The lowest BCUT2D eigenvalue weighted by atomic mass is 9.88. The molecule has 0 bridgehead atoms. The van der Waals surface area contributed by atoms with Gasteiger partial charge < -0.3 is 10.2 Å². The smallest absolute Gasteiger partial charge is 0.0396 e. The van der Waals surface area contributed by atoms with Crippen molar-refractivity contribution in [3.63, 3.8) is 0 Å². The molecule has 0 aromatic heterocycles. The van der Waals surface area contributed by atoms with Gasteiger partial charge in [0, 0.05) is 25.3 Å². The van der Waals surface area contributed by atoms with E-state index in [-0.39, 0.29) is 0 Å². The quantitative estimate of drug-likeness (QED) is 0.872. The summed E-state index contributed by atoms with van der Waals surface area (Å²) >= 11 is 0. The standard InChI is InChI=1S/C19H32N2/c1-14(2)11-20-12-18-6-7-19(16(4)10-18)21-9-8-15(3)17(5)13-21/h6-7,10,14-15,17,20H,8-9,11-13H2,1-5H3. The van der Waals surface area contributed by atoms with E-state index < -0.39 is 0 Å². The molecule has 1 saturated heterocycles. The molecule has 118 valence electrons. The molecular weight excluding hydrogens is 256 g/mol. The summed E-state index contributed by atoms with van der Waals surface area (Å²) in [5.41, 5.74) is 4.25. The van der Waals surface area contributed by atoms with E-state index in [1.807, 2.05) is 0 Å². The Morgan fingerprint density at radius 2 is 2.00 bits per heavy atom. The maximum absolute atomic E-state index is 3.53. The van der Waals surface area contributed by atoms with E-state index in [4.69, 9.17) is 0 Å². The number of anilines is 1. The molecule has 21 heavy (non-hydrogen) atoms. The normalized spacial score (nSPS) is 22.9. The lowest BCUT2D eigenvalue weighted by Crippen LogP contribution is -2.38. The van der Waals surface area contributed by atoms with E-state index in [2.05, 4.69) is 63.0 Å².